The summed E-state index contributed by atoms with van der Waals surface area (Å²) in [6, 6.07) is 4.84. The Labute approximate surface area is 221 Å². The van der Waals surface area contributed by atoms with Crippen LogP contribution in [0.4, 0.5) is 0 Å². The molecule has 0 spiro atoms. The maximum Gasteiger partial charge on any atom is 0.326 e. The van der Waals surface area contributed by atoms with Crippen LogP contribution in [-0.2, 0) is 30.4 Å². The smallest absolute Gasteiger partial charge is 0.326 e. The van der Waals surface area contributed by atoms with Gasteiger partial charge in [0.25, 0.3) is 0 Å². The predicted octanol–water partition coefficient (Wildman–Crippen LogP) is 0.160. The molecule has 1 aromatic rings. The summed E-state index contributed by atoms with van der Waals surface area (Å²) in [5.74, 6) is -3.58. The van der Waals surface area contributed by atoms with Crippen LogP contribution in [0.2, 0.25) is 0 Å². The van der Waals surface area contributed by atoms with Crippen molar-refractivity contribution in [1.29, 1.82) is 0 Å². The second kappa shape index (κ2) is 16.6. The van der Waals surface area contributed by atoms with Crippen molar-refractivity contribution < 1.29 is 29.1 Å². The van der Waals surface area contributed by atoms with Gasteiger partial charge in [0.2, 0.25) is 23.6 Å². The molecule has 0 fully saturated rings. The van der Waals surface area contributed by atoms with Gasteiger partial charge in [-0.2, -0.15) is 11.8 Å². The lowest BCUT2D eigenvalue weighted by atomic mass is 9.98. The van der Waals surface area contributed by atoms with Gasteiger partial charge >= 0.3 is 5.97 Å². The second-order valence-corrected chi connectivity index (χ2v) is 9.90. The fraction of sp³-hybridized carbons (Fsp3) is 0.560. The minimum atomic E-state index is -1.17. The molecule has 0 bridgehead atoms. The summed E-state index contributed by atoms with van der Waals surface area (Å²) in [7, 11) is 0. The zero-order chi connectivity index (χ0) is 28.0. The maximum atomic E-state index is 13.1. The summed E-state index contributed by atoms with van der Waals surface area (Å²) < 4.78 is 0. The van der Waals surface area contributed by atoms with Crippen molar-refractivity contribution in [2.24, 2.45) is 17.4 Å². The number of aliphatic carboxylic acids is 1. The quantitative estimate of drug-likeness (QED) is 0.162. The van der Waals surface area contributed by atoms with Crippen LogP contribution in [0.25, 0.3) is 0 Å². The summed E-state index contributed by atoms with van der Waals surface area (Å²) in [6.07, 6.45) is 2.57. The standard InChI is InChI=1S/C25H39N5O6S/c1-4-15(2)21(25(35)36)30-24(34)19(12-13-37-3)29-23(33)18(10-11-20(27)31)28-22(32)17(26)14-16-8-6-5-7-9-16/h5-9,15,17-19,21H,4,10-14,26H2,1-3H3,(H2,27,31)(H,28,32)(H,29,33)(H,30,34)(H,35,36). The van der Waals surface area contributed by atoms with Crippen LogP contribution in [0, 0.1) is 5.92 Å². The van der Waals surface area contributed by atoms with E-state index in [0.717, 1.165) is 5.56 Å². The number of thioether (sulfide) groups is 1. The Balaban J connectivity index is 2.99. The van der Waals surface area contributed by atoms with Gasteiger partial charge in [0, 0.05) is 6.42 Å². The summed E-state index contributed by atoms with van der Waals surface area (Å²) in [5, 5.41) is 17.2. The first-order chi connectivity index (χ1) is 17.5. The molecule has 0 radical (unpaired) electrons. The second-order valence-electron chi connectivity index (χ2n) is 8.92. The number of benzene rings is 1. The lowest BCUT2D eigenvalue weighted by molar-refractivity contribution is -0.143. The maximum absolute atomic E-state index is 13.1. The number of carbonyl (C=O) groups excluding carboxylic acids is 4. The molecule has 0 heterocycles. The predicted molar refractivity (Wildman–Crippen MR) is 142 cm³/mol. The van der Waals surface area contributed by atoms with E-state index in [9.17, 15) is 29.1 Å². The third-order valence-corrected chi connectivity index (χ3v) is 6.61. The van der Waals surface area contributed by atoms with Crippen LogP contribution in [0.3, 0.4) is 0 Å². The van der Waals surface area contributed by atoms with Gasteiger partial charge in [-0.05, 0) is 42.8 Å². The first-order valence-electron chi connectivity index (χ1n) is 12.2. The molecule has 5 unspecified atom stereocenters. The lowest BCUT2D eigenvalue weighted by Gasteiger charge is -2.26. The van der Waals surface area contributed by atoms with E-state index < -0.39 is 53.8 Å². The van der Waals surface area contributed by atoms with Gasteiger partial charge in [0.1, 0.15) is 18.1 Å². The number of primary amides is 1. The molecule has 0 aromatic heterocycles. The number of nitrogens with one attached hydrogen (secondary N) is 3. The van der Waals surface area contributed by atoms with Crippen molar-refractivity contribution in [3.63, 3.8) is 0 Å². The van der Waals surface area contributed by atoms with Crippen LogP contribution in [0.5, 0.6) is 0 Å². The molecule has 5 atom stereocenters. The van der Waals surface area contributed by atoms with Crippen molar-refractivity contribution in [3.05, 3.63) is 35.9 Å². The Morgan fingerprint density at radius 1 is 0.946 bits per heavy atom. The van der Waals surface area contributed by atoms with E-state index in [0.29, 0.717) is 12.2 Å². The van der Waals surface area contributed by atoms with Gasteiger partial charge < -0.3 is 32.5 Å². The summed E-state index contributed by atoms with van der Waals surface area (Å²) >= 11 is 1.45. The van der Waals surface area contributed by atoms with E-state index >= 15 is 0 Å². The Morgan fingerprint density at radius 3 is 2.05 bits per heavy atom. The lowest BCUT2D eigenvalue weighted by Crippen LogP contribution is -2.58. The van der Waals surface area contributed by atoms with E-state index in [-0.39, 0.29) is 31.6 Å². The minimum absolute atomic E-state index is 0.0908. The normalized spacial score (nSPS) is 14.9. The third kappa shape index (κ3) is 11.6. The molecule has 8 N–H and O–H groups in total. The number of carboxylic acid groups (broad SMARTS) is 1. The van der Waals surface area contributed by atoms with Crippen LogP contribution in [0.15, 0.2) is 30.3 Å². The highest BCUT2D eigenvalue weighted by Gasteiger charge is 2.31. The van der Waals surface area contributed by atoms with Gasteiger partial charge in [0.05, 0.1) is 6.04 Å². The SMILES string of the molecule is CCC(C)C(NC(=O)C(CCSC)NC(=O)C(CCC(N)=O)NC(=O)C(N)Cc1ccccc1)C(=O)O. The average Bonchev–Trinajstić information content (AvgIpc) is 2.86. The van der Waals surface area contributed by atoms with E-state index in [1.807, 2.05) is 43.5 Å². The topological polar surface area (TPSA) is 194 Å². The van der Waals surface area contributed by atoms with E-state index in [1.165, 1.54) is 11.8 Å². The highest BCUT2D eigenvalue weighted by Crippen LogP contribution is 2.10. The van der Waals surface area contributed by atoms with E-state index in [4.69, 9.17) is 11.5 Å². The first-order valence-corrected chi connectivity index (χ1v) is 13.6. The Kier molecular flexibility index (Phi) is 14.3. The zero-order valence-corrected chi connectivity index (χ0v) is 22.4. The molecule has 0 aliphatic rings. The average molecular weight is 538 g/mol. The van der Waals surface area contributed by atoms with Crippen LogP contribution in [0.1, 0.15) is 45.1 Å². The first kappa shape index (κ1) is 31.9. The number of amides is 4. The third-order valence-electron chi connectivity index (χ3n) is 5.97. The fourth-order valence-electron chi connectivity index (χ4n) is 3.51. The van der Waals surface area contributed by atoms with Crippen molar-refractivity contribution in [1.82, 2.24) is 16.0 Å². The minimum Gasteiger partial charge on any atom is -0.480 e. The number of carboxylic acids is 1. The van der Waals surface area contributed by atoms with Gasteiger partial charge in [-0.15, -0.1) is 0 Å². The number of nitrogens with two attached hydrogens (primary N) is 2. The molecule has 0 saturated carbocycles. The molecule has 206 valence electrons. The van der Waals surface area contributed by atoms with E-state index in [2.05, 4.69) is 16.0 Å². The highest BCUT2D eigenvalue weighted by molar-refractivity contribution is 7.98. The van der Waals surface area contributed by atoms with Crippen molar-refractivity contribution in [3.8, 4) is 0 Å². The Morgan fingerprint density at radius 2 is 1.51 bits per heavy atom. The molecule has 0 saturated heterocycles. The number of hydrogen-bond donors (Lipinski definition) is 6. The zero-order valence-electron chi connectivity index (χ0n) is 21.6. The van der Waals surface area contributed by atoms with Crippen LogP contribution >= 0.6 is 11.8 Å². The summed E-state index contributed by atoms with van der Waals surface area (Å²) in [4.78, 5) is 61.9. The molecule has 4 amide bonds. The molecular formula is C25H39N5O6S. The number of rotatable bonds is 17. The van der Waals surface area contributed by atoms with Crippen molar-refractivity contribution in [2.75, 3.05) is 12.0 Å². The Bertz CT molecular complexity index is 916. The monoisotopic (exact) mass is 537 g/mol. The van der Waals surface area contributed by atoms with Gasteiger partial charge in [-0.1, -0.05) is 50.6 Å². The summed E-state index contributed by atoms with van der Waals surface area (Å²) in [6.45, 7) is 3.52. The van der Waals surface area contributed by atoms with Crippen molar-refractivity contribution in [2.45, 2.75) is 70.1 Å². The molecule has 0 aliphatic heterocycles. The molecule has 11 nitrogen and oxygen atoms in total. The summed E-state index contributed by atoms with van der Waals surface area (Å²) in [5.41, 5.74) is 12.1. The van der Waals surface area contributed by atoms with Crippen LogP contribution in [-0.4, -0.2) is 70.9 Å². The molecule has 1 aromatic carbocycles. The molecule has 37 heavy (non-hydrogen) atoms. The fourth-order valence-corrected chi connectivity index (χ4v) is 3.98. The highest BCUT2D eigenvalue weighted by atomic mass is 32.2. The van der Waals surface area contributed by atoms with Crippen LogP contribution < -0.4 is 27.4 Å². The number of carbonyl (C=O) groups is 5. The van der Waals surface area contributed by atoms with E-state index in [1.54, 1.807) is 6.92 Å². The Hall–Kier alpha value is -3.12. The molecular weight excluding hydrogens is 498 g/mol. The van der Waals surface area contributed by atoms with Crippen molar-refractivity contribution >= 4 is 41.4 Å². The van der Waals surface area contributed by atoms with Gasteiger partial charge in [0.15, 0.2) is 0 Å². The molecule has 12 heteroatoms. The molecule has 1 rings (SSSR count). The number of hydrogen-bond acceptors (Lipinski definition) is 7. The van der Waals surface area contributed by atoms with Gasteiger partial charge in [-0.25, -0.2) is 4.79 Å². The largest absolute Gasteiger partial charge is 0.480 e. The van der Waals surface area contributed by atoms with Gasteiger partial charge in [-0.3, -0.25) is 19.2 Å². The molecule has 0 aliphatic carbocycles.